The average Bonchev–Trinajstić information content (AvgIpc) is 2.27. The van der Waals surface area contributed by atoms with Gasteiger partial charge in [-0.05, 0) is 12.8 Å². The summed E-state index contributed by atoms with van der Waals surface area (Å²) in [6.45, 7) is 6.27. The topological polar surface area (TPSA) is 45.3 Å². The Morgan fingerprint density at radius 1 is 1.29 bits per heavy atom. The van der Waals surface area contributed by atoms with Gasteiger partial charge in [-0.25, -0.2) is 5.43 Å². The number of hydrazone groups is 1. The van der Waals surface area contributed by atoms with Gasteiger partial charge in [0.25, 0.3) is 0 Å². The Balaban J connectivity index is 0.00000256. The lowest BCUT2D eigenvalue weighted by molar-refractivity contribution is -0.684. The highest BCUT2D eigenvalue weighted by atomic mass is 35.5. The molecule has 4 nitrogen and oxygen atoms in total. The first kappa shape index (κ1) is 15.6. The molecule has 0 aliphatic rings. The van der Waals surface area contributed by atoms with Gasteiger partial charge in [-0.1, -0.05) is 19.9 Å². The lowest BCUT2D eigenvalue weighted by Crippen LogP contribution is -3.00. The molecule has 0 spiro atoms. The van der Waals surface area contributed by atoms with E-state index in [0.717, 1.165) is 5.71 Å². The van der Waals surface area contributed by atoms with Crippen LogP contribution >= 0.6 is 0 Å². The third-order valence-corrected chi connectivity index (χ3v) is 2.30. The minimum atomic E-state index is -0.115. The molecule has 0 fully saturated rings. The van der Waals surface area contributed by atoms with Crippen molar-refractivity contribution >= 4 is 11.6 Å². The summed E-state index contributed by atoms with van der Waals surface area (Å²) in [5, 5.41) is 4.02. The highest BCUT2D eigenvalue weighted by molar-refractivity contribution is 5.85. The fourth-order valence-electron chi connectivity index (χ4n) is 1.02. The van der Waals surface area contributed by atoms with Crippen LogP contribution in [0.1, 0.15) is 20.8 Å². The zero-order valence-electron chi connectivity index (χ0n) is 10.4. The molecular formula is C12H18ClN3O. The molecule has 94 valence electrons. The van der Waals surface area contributed by atoms with E-state index in [4.69, 9.17) is 0 Å². The molecule has 0 unspecified atom stereocenters. The van der Waals surface area contributed by atoms with E-state index in [1.807, 2.05) is 51.4 Å². The largest absolute Gasteiger partial charge is 1.00 e. The van der Waals surface area contributed by atoms with Gasteiger partial charge in [-0.15, -0.1) is 0 Å². The molecule has 1 aromatic rings. The van der Waals surface area contributed by atoms with Crippen molar-refractivity contribution in [1.29, 1.82) is 0 Å². The van der Waals surface area contributed by atoms with Crippen molar-refractivity contribution in [2.45, 2.75) is 27.3 Å². The van der Waals surface area contributed by atoms with Crippen LogP contribution in [-0.4, -0.2) is 11.6 Å². The van der Waals surface area contributed by atoms with E-state index in [1.165, 1.54) is 0 Å². The molecule has 0 atom stereocenters. The standard InChI is InChI=1S/C12H17N3O.ClH/c1-10(2)11(3)13-14-12(16)9-15-7-5-4-6-8-15;/h4-8,10H,9H2,1-3H3;1H/b13-11+;. The number of carbonyl (C=O) groups excluding carboxylic acids is 1. The number of carbonyl (C=O) groups is 1. The summed E-state index contributed by atoms with van der Waals surface area (Å²) in [4.78, 5) is 11.5. The molecule has 0 bridgehead atoms. The Morgan fingerprint density at radius 3 is 2.41 bits per heavy atom. The highest BCUT2D eigenvalue weighted by Crippen LogP contribution is 1.94. The SMILES string of the molecule is C/C(=N\NC(=O)C[n+]1ccccc1)C(C)C.[Cl-]. The molecule has 1 N–H and O–H groups in total. The van der Waals surface area contributed by atoms with Gasteiger partial charge in [-0.2, -0.15) is 9.67 Å². The number of aromatic nitrogens is 1. The molecule has 0 aliphatic heterocycles. The van der Waals surface area contributed by atoms with Gasteiger partial charge in [0, 0.05) is 17.8 Å². The van der Waals surface area contributed by atoms with Crippen molar-refractivity contribution in [2.24, 2.45) is 11.0 Å². The van der Waals surface area contributed by atoms with Crippen LogP contribution < -0.4 is 22.4 Å². The molecule has 1 aromatic heterocycles. The molecule has 1 heterocycles. The fraction of sp³-hybridized carbons (Fsp3) is 0.417. The molecule has 0 aliphatic carbocycles. The summed E-state index contributed by atoms with van der Waals surface area (Å²) in [6, 6.07) is 5.68. The molecule has 17 heavy (non-hydrogen) atoms. The van der Waals surface area contributed by atoms with Crippen molar-refractivity contribution in [2.75, 3.05) is 0 Å². The molecule has 0 radical (unpaired) electrons. The van der Waals surface area contributed by atoms with E-state index in [9.17, 15) is 4.79 Å². The van der Waals surface area contributed by atoms with Crippen molar-refractivity contribution in [3.8, 4) is 0 Å². The Hall–Kier alpha value is -1.42. The second-order valence-corrected chi connectivity index (χ2v) is 3.99. The van der Waals surface area contributed by atoms with Crippen molar-refractivity contribution < 1.29 is 21.8 Å². The minimum absolute atomic E-state index is 0. The average molecular weight is 256 g/mol. The summed E-state index contributed by atoms with van der Waals surface area (Å²) < 4.78 is 1.80. The van der Waals surface area contributed by atoms with Gasteiger partial charge in [0.05, 0.1) is 0 Å². The van der Waals surface area contributed by atoms with Crippen LogP contribution in [0, 0.1) is 5.92 Å². The number of nitrogens with one attached hydrogen (secondary N) is 1. The van der Waals surface area contributed by atoms with E-state index >= 15 is 0 Å². The van der Waals surface area contributed by atoms with Crippen molar-refractivity contribution in [3.63, 3.8) is 0 Å². The van der Waals surface area contributed by atoms with Gasteiger partial charge < -0.3 is 12.4 Å². The molecule has 0 aromatic carbocycles. The number of pyridine rings is 1. The number of nitrogens with zero attached hydrogens (tertiary/aromatic N) is 2. The summed E-state index contributed by atoms with van der Waals surface area (Å²) in [6.07, 6.45) is 3.69. The van der Waals surface area contributed by atoms with Crippen LogP contribution in [0.15, 0.2) is 35.7 Å². The smallest absolute Gasteiger partial charge is 0.305 e. The van der Waals surface area contributed by atoms with Crippen LogP contribution in [-0.2, 0) is 11.3 Å². The zero-order valence-corrected chi connectivity index (χ0v) is 11.1. The maximum Gasteiger partial charge on any atom is 0.305 e. The van der Waals surface area contributed by atoms with E-state index < -0.39 is 0 Å². The number of rotatable bonds is 4. The van der Waals surface area contributed by atoms with Crippen LogP contribution in [0.3, 0.4) is 0 Å². The van der Waals surface area contributed by atoms with Crippen LogP contribution in [0.25, 0.3) is 0 Å². The summed E-state index contributed by atoms with van der Waals surface area (Å²) in [5.74, 6) is 0.237. The highest BCUT2D eigenvalue weighted by Gasteiger charge is 2.07. The summed E-state index contributed by atoms with van der Waals surface area (Å²) in [7, 11) is 0. The first-order valence-electron chi connectivity index (χ1n) is 5.36. The van der Waals surface area contributed by atoms with Crippen LogP contribution in [0.5, 0.6) is 0 Å². The maximum atomic E-state index is 11.5. The minimum Gasteiger partial charge on any atom is -1.00 e. The molecule has 5 heteroatoms. The predicted octanol–water partition coefficient (Wildman–Crippen LogP) is -1.87. The number of hydrogen-bond donors (Lipinski definition) is 1. The Morgan fingerprint density at radius 2 is 1.88 bits per heavy atom. The fourth-order valence-corrected chi connectivity index (χ4v) is 1.02. The quantitative estimate of drug-likeness (QED) is 0.382. The van der Waals surface area contributed by atoms with Crippen molar-refractivity contribution in [3.05, 3.63) is 30.6 Å². The third kappa shape index (κ3) is 6.02. The summed E-state index contributed by atoms with van der Waals surface area (Å²) in [5.41, 5.74) is 3.46. The number of halogens is 1. The van der Waals surface area contributed by atoms with Gasteiger partial charge >= 0.3 is 5.91 Å². The number of amides is 1. The molecular weight excluding hydrogens is 238 g/mol. The maximum absolute atomic E-state index is 11.5. The van der Waals surface area contributed by atoms with E-state index in [2.05, 4.69) is 10.5 Å². The molecule has 1 rings (SSSR count). The van der Waals surface area contributed by atoms with E-state index in [0.29, 0.717) is 5.92 Å². The van der Waals surface area contributed by atoms with Gasteiger partial charge in [0.15, 0.2) is 12.4 Å². The first-order valence-corrected chi connectivity index (χ1v) is 5.36. The van der Waals surface area contributed by atoms with Gasteiger partial charge in [-0.3, -0.25) is 4.79 Å². The van der Waals surface area contributed by atoms with Crippen LogP contribution in [0.2, 0.25) is 0 Å². The monoisotopic (exact) mass is 255 g/mol. The summed E-state index contributed by atoms with van der Waals surface area (Å²) >= 11 is 0. The van der Waals surface area contributed by atoms with Crippen LogP contribution in [0.4, 0.5) is 0 Å². The molecule has 1 amide bonds. The third-order valence-electron chi connectivity index (χ3n) is 2.30. The molecule has 0 saturated heterocycles. The Bertz CT molecular complexity index is 377. The van der Waals surface area contributed by atoms with E-state index in [1.54, 1.807) is 4.57 Å². The van der Waals surface area contributed by atoms with Gasteiger partial charge in [0.2, 0.25) is 6.54 Å². The number of hydrogen-bond acceptors (Lipinski definition) is 2. The second-order valence-electron chi connectivity index (χ2n) is 3.99. The van der Waals surface area contributed by atoms with E-state index in [-0.39, 0.29) is 24.9 Å². The Kier molecular flexibility index (Phi) is 7.14. The predicted molar refractivity (Wildman–Crippen MR) is 62.7 cm³/mol. The normalized spacial score (nSPS) is 10.9. The first-order chi connectivity index (χ1) is 7.59. The zero-order chi connectivity index (χ0) is 12.0. The second kappa shape index (κ2) is 7.79. The lowest BCUT2D eigenvalue weighted by atomic mass is 10.1. The Labute approximate surface area is 108 Å². The molecule has 0 saturated carbocycles. The van der Waals surface area contributed by atoms with Crippen molar-refractivity contribution in [1.82, 2.24) is 5.43 Å². The van der Waals surface area contributed by atoms with Gasteiger partial charge in [0.1, 0.15) is 0 Å². The lowest BCUT2D eigenvalue weighted by Gasteiger charge is -2.03.